The van der Waals surface area contributed by atoms with E-state index in [1.54, 1.807) is 0 Å². The van der Waals surface area contributed by atoms with Gasteiger partial charge < -0.3 is 5.11 Å². The van der Waals surface area contributed by atoms with Gasteiger partial charge in [0.25, 0.3) is 0 Å². The molecule has 1 saturated carbocycles. The van der Waals surface area contributed by atoms with Gasteiger partial charge in [-0.05, 0) is 24.2 Å². The molecule has 0 amide bonds. The van der Waals surface area contributed by atoms with Gasteiger partial charge in [0.05, 0.1) is 6.10 Å². The van der Waals surface area contributed by atoms with Gasteiger partial charge in [-0.25, -0.2) is 0 Å². The molecule has 1 N–H and O–H groups in total. The summed E-state index contributed by atoms with van der Waals surface area (Å²) in [5, 5.41) is 9.74. The molecule has 1 nitrogen and oxygen atoms in total. The molecule has 1 fully saturated rings. The van der Waals surface area contributed by atoms with E-state index in [1.807, 2.05) is 0 Å². The number of aliphatic hydroxyl groups excluding tert-OH is 1. The van der Waals surface area contributed by atoms with Crippen molar-refractivity contribution < 1.29 is 5.11 Å². The average Bonchev–Trinajstić information content (AvgIpc) is 2.08. The van der Waals surface area contributed by atoms with Gasteiger partial charge in [-0.2, -0.15) is 0 Å². The van der Waals surface area contributed by atoms with Gasteiger partial charge in [-0.3, -0.25) is 0 Å². The molecule has 1 aliphatic carbocycles. The lowest BCUT2D eigenvalue weighted by Crippen LogP contribution is -2.22. The molecule has 0 spiro atoms. The topological polar surface area (TPSA) is 20.2 Å². The van der Waals surface area contributed by atoms with Crippen LogP contribution in [-0.4, -0.2) is 11.2 Å². The van der Waals surface area contributed by atoms with Gasteiger partial charge in [-0.1, -0.05) is 46.5 Å². The van der Waals surface area contributed by atoms with Gasteiger partial charge in [0.2, 0.25) is 0 Å². The normalized spacial score (nSPS) is 32.1. The lowest BCUT2D eigenvalue weighted by Gasteiger charge is -2.28. The van der Waals surface area contributed by atoms with Gasteiger partial charge in [0.1, 0.15) is 0 Å². The number of rotatable bonds is 3. The highest BCUT2D eigenvalue weighted by Crippen LogP contribution is 2.31. The SMILES string of the molecule is CC1CCC(CC(O)C(C)C)CC1. The van der Waals surface area contributed by atoms with Crippen molar-refractivity contribution in [1.29, 1.82) is 0 Å². The molecule has 0 bridgehead atoms. The lowest BCUT2D eigenvalue weighted by molar-refractivity contribution is 0.0848. The average molecular weight is 184 g/mol. The molecule has 1 aliphatic rings. The van der Waals surface area contributed by atoms with Crippen molar-refractivity contribution in [2.24, 2.45) is 17.8 Å². The Morgan fingerprint density at radius 3 is 2.15 bits per heavy atom. The van der Waals surface area contributed by atoms with E-state index in [1.165, 1.54) is 25.7 Å². The van der Waals surface area contributed by atoms with Crippen LogP contribution in [0, 0.1) is 17.8 Å². The molecule has 1 rings (SSSR count). The second kappa shape index (κ2) is 4.99. The van der Waals surface area contributed by atoms with Crippen molar-refractivity contribution >= 4 is 0 Å². The van der Waals surface area contributed by atoms with E-state index in [-0.39, 0.29) is 6.10 Å². The summed E-state index contributed by atoms with van der Waals surface area (Å²) in [6.07, 6.45) is 6.38. The Hall–Kier alpha value is -0.0400. The van der Waals surface area contributed by atoms with Crippen LogP contribution >= 0.6 is 0 Å². The largest absolute Gasteiger partial charge is 0.393 e. The maximum Gasteiger partial charge on any atom is 0.0565 e. The first-order chi connectivity index (χ1) is 6.09. The highest BCUT2D eigenvalue weighted by Gasteiger charge is 2.21. The van der Waals surface area contributed by atoms with E-state index in [0.29, 0.717) is 5.92 Å². The van der Waals surface area contributed by atoms with Crippen LogP contribution in [0.2, 0.25) is 0 Å². The molecule has 0 heterocycles. The minimum atomic E-state index is -0.0709. The van der Waals surface area contributed by atoms with Gasteiger partial charge >= 0.3 is 0 Å². The molecule has 0 radical (unpaired) electrons. The summed E-state index contributed by atoms with van der Waals surface area (Å²) in [6, 6.07) is 0. The summed E-state index contributed by atoms with van der Waals surface area (Å²) in [6.45, 7) is 6.56. The van der Waals surface area contributed by atoms with Crippen molar-refractivity contribution in [2.45, 2.75) is 59.0 Å². The fraction of sp³-hybridized carbons (Fsp3) is 1.00. The first-order valence-corrected chi connectivity index (χ1v) is 5.77. The van der Waals surface area contributed by atoms with Crippen molar-refractivity contribution in [3.8, 4) is 0 Å². The Morgan fingerprint density at radius 1 is 1.15 bits per heavy atom. The molecule has 0 aromatic heterocycles. The zero-order valence-corrected chi connectivity index (χ0v) is 9.29. The minimum Gasteiger partial charge on any atom is -0.393 e. The van der Waals surface area contributed by atoms with E-state index in [0.717, 1.165) is 18.3 Å². The molecule has 13 heavy (non-hydrogen) atoms. The predicted octanol–water partition coefficient (Wildman–Crippen LogP) is 3.22. The Balaban J connectivity index is 2.22. The van der Waals surface area contributed by atoms with E-state index in [9.17, 15) is 5.11 Å². The smallest absolute Gasteiger partial charge is 0.0565 e. The molecule has 0 aliphatic heterocycles. The maximum atomic E-state index is 9.74. The van der Waals surface area contributed by atoms with E-state index in [2.05, 4.69) is 20.8 Å². The van der Waals surface area contributed by atoms with Crippen molar-refractivity contribution in [3.05, 3.63) is 0 Å². The van der Waals surface area contributed by atoms with Crippen LogP contribution in [0.1, 0.15) is 52.9 Å². The number of aliphatic hydroxyl groups is 1. The van der Waals surface area contributed by atoms with Crippen LogP contribution in [0.15, 0.2) is 0 Å². The van der Waals surface area contributed by atoms with Crippen molar-refractivity contribution in [3.63, 3.8) is 0 Å². The lowest BCUT2D eigenvalue weighted by atomic mass is 9.79. The number of hydrogen-bond donors (Lipinski definition) is 1. The highest BCUT2D eigenvalue weighted by molar-refractivity contribution is 4.73. The van der Waals surface area contributed by atoms with Crippen LogP contribution in [0.3, 0.4) is 0 Å². The molecule has 78 valence electrons. The fourth-order valence-corrected chi connectivity index (χ4v) is 2.18. The molecular weight excluding hydrogens is 160 g/mol. The van der Waals surface area contributed by atoms with Crippen LogP contribution in [-0.2, 0) is 0 Å². The third-order valence-corrected chi connectivity index (χ3v) is 3.48. The zero-order chi connectivity index (χ0) is 9.84. The second-order valence-corrected chi connectivity index (χ2v) is 5.17. The van der Waals surface area contributed by atoms with Gasteiger partial charge in [0.15, 0.2) is 0 Å². The monoisotopic (exact) mass is 184 g/mol. The standard InChI is InChI=1S/C12H24O/c1-9(2)12(13)8-11-6-4-10(3)5-7-11/h9-13H,4-8H2,1-3H3. The summed E-state index contributed by atoms with van der Waals surface area (Å²) in [7, 11) is 0. The fourth-order valence-electron chi connectivity index (χ4n) is 2.18. The highest BCUT2D eigenvalue weighted by atomic mass is 16.3. The third kappa shape index (κ3) is 3.68. The third-order valence-electron chi connectivity index (χ3n) is 3.48. The van der Waals surface area contributed by atoms with E-state index >= 15 is 0 Å². The quantitative estimate of drug-likeness (QED) is 0.714. The van der Waals surface area contributed by atoms with Crippen molar-refractivity contribution in [1.82, 2.24) is 0 Å². The molecule has 0 saturated heterocycles. The van der Waals surface area contributed by atoms with Crippen LogP contribution in [0.5, 0.6) is 0 Å². The molecule has 1 unspecified atom stereocenters. The molecule has 0 aromatic rings. The Bertz CT molecular complexity index is 134. The van der Waals surface area contributed by atoms with E-state index in [4.69, 9.17) is 0 Å². The summed E-state index contributed by atoms with van der Waals surface area (Å²) >= 11 is 0. The first-order valence-electron chi connectivity index (χ1n) is 5.77. The van der Waals surface area contributed by atoms with Crippen molar-refractivity contribution in [2.75, 3.05) is 0 Å². The van der Waals surface area contributed by atoms with Gasteiger partial charge in [0, 0.05) is 0 Å². The van der Waals surface area contributed by atoms with E-state index < -0.39 is 0 Å². The Kier molecular flexibility index (Phi) is 4.24. The summed E-state index contributed by atoms with van der Waals surface area (Å²) in [4.78, 5) is 0. The van der Waals surface area contributed by atoms with Gasteiger partial charge in [-0.15, -0.1) is 0 Å². The van der Waals surface area contributed by atoms with Crippen LogP contribution < -0.4 is 0 Å². The molecule has 1 heteroatoms. The number of hydrogen-bond acceptors (Lipinski definition) is 1. The summed E-state index contributed by atoms with van der Waals surface area (Å²) in [5.41, 5.74) is 0. The first kappa shape index (κ1) is 11.0. The Labute approximate surface area is 82.5 Å². The molecule has 0 aromatic carbocycles. The second-order valence-electron chi connectivity index (χ2n) is 5.17. The Morgan fingerprint density at radius 2 is 1.69 bits per heavy atom. The summed E-state index contributed by atoms with van der Waals surface area (Å²) in [5.74, 6) is 2.15. The van der Waals surface area contributed by atoms with Crippen LogP contribution in [0.25, 0.3) is 0 Å². The summed E-state index contributed by atoms with van der Waals surface area (Å²) < 4.78 is 0. The zero-order valence-electron chi connectivity index (χ0n) is 9.29. The predicted molar refractivity (Wildman–Crippen MR) is 56.6 cm³/mol. The minimum absolute atomic E-state index is 0.0709. The van der Waals surface area contributed by atoms with Crippen LogP contribution in [0.4, 0.5) is 0 Å². The maximum absolute atomic E-state index is 9.74. The molecule has 1 atom stereocenters. The molecular formula is C12H24O.